The molecule has 8 atom stereocenters. The fourth-order valence-corrected chi connectivity index (χ4v) is 9.18. The van der Waals surface area contributed by atoms with Crippen molar-refractivity contribution in [3.8, 4) is 0 Å². The number of hydrazone groups is 1. The Morgan fingerprint density at radius 1 is 0.857 bits per heavy atom. The highest BCUT2D eigenvalue weighted by molar-refractivity contribution is 7.89. The van der Waals surface area contributed by atoms with E-state index in [0.29, 0.717) is 17.8 Å². The number of esters is 1. The molecular weight excluding hydrogens is 460 g/mol. The van der Waals surface area contributed by atoms with Crippen LogP contribution in [0.5, 0.6) is 0 Å². The summed E-state index contributed by atoms with van der Waals surface area (Å²) in [6.07, 6.45) is 10.8. The molecule has 4 aliphatic rings. The summed E-state index contributed by atoms with van der Waals surface area (Å²) in [5, 5.41) is 4.41. The van der Waals surface area contributed by atoms with Crippen molar-refractivity contribution in [2.24, 2.45) is 46.5 Å². The van der Waals surface area contributed by atoms with E-state index in [-0.39, 0.29) is 17.0 Å². The second-order valence-electron chi connectivity index (χ2n) is 11.6. The first-order chi connectivity index (χ1) is 16.7. The van der Waals surface area contributed by atoms with Crippen LogP contribution in [0, 0.1) is 48.3 Å². The van der Waals surface area contributed by atoms with Gasteiger partial charge in [-0.05, 0) is 119 Å². The van der Waals surface area contributed by atoms with Gasteiger partial charge in [0.1, 0.15) is 6.10 Å². The van der Waals surface area contributed by atoms with Crippen LogP contribution in [0.1, 0.15) is 77.2 Å². The van der Waals surface area contributed by atoms with Crippen LogP contribution in [0.3, 0.4) is 0 Å². The van der Waals surface area contributed by atoms with Crippen molar-refractivity contribution >= 4 is 21.7 Å². The summed E-state index contributed by atoms with van der Waals surface area (Å²) in [5.74, 6) is 4.70. The second-order valence-corrected chi connectivity index (χ2v) is 13.3. The van der Waals surface area contributed by atoms with Crippen LogP contribution >= 0.6 is 0 Å². The number of ether oxygens (including phenoxy) is 1. The van der Waals surface area contributed by atoms with E-state index in [1.54, 1.807) is 12.1 Å². The number of fused-ring (bicyclic) bond motifs is 5. The number of hydrogen-bond donors (Lipinski definition) is 1. The smallest absolute Gasteiger partial charge is 0.302 e. The Balaban J connectivity index is 1.22. The van der Waals surface area contributed by atoms with Gasteiger partial charge in [-0.25, -0.2) is 4.83 Å². The van der Waals surface area contributed by atoms with Crippen LogP contribution in [0.2, 0.25) is 0 Å². The summed E-state index contributed by atoms with van der Waals surface area (Å²) < 4.78 is 31.0. The number of nitrogens with one attached hydrogen (secondary N) is 1. The number of rotatable bonds is 5. The predicted molar refractivity (Wildman–Crippen MR) is 136 cm³/mol. The fourth-order valence-electron chi connectivity index (χ4n) is 8.31. The lowest BCUT2D eigenvalue weighted by atomic mass is 9.53. The molecule has 35 heavy (non-hydrogen) atoms. The maximum Gasteiger partial charge on any atom is 0.302 e. The summed E-state index contributed by atoms with van der Waals surface area (Å²) in [6, 6.07) is 6.88. The number of carbonyl (C=O) groups is 1. The Bertz CT molecular complexity index is 1070. The molecule has 1 aromatic carbocycles. The Morgan fingerprint density at radius 3 is 2.20 bits per heavy atom. The first kappa shape index (κ1) is 24.8. The summed E-state index contributed by atoms with van der Waals surface area (Å²) in [6.45, 7) is 5.47. The molecule has 4 saturated carbocycles. The van der Waals surface area contributed by atoms with E-state index in [2.05, 4.69) is 9.93 Å². The Morgan fingerprint density at radius 2 is 1.46 bits per heavy atom. The van der Waals surface area contributed by atoms with Gasteiger partial charge in [0.2, 0.25) is 0 Å². The highest BCUT2D eigenvalue weighted by atomic mass is 32.2. The van der Waals surface area contributed by atoms with Crippen LogP contribution in [0.4, 0.5) is 0 Å². The normalized spacial score (nSPS) is 37.1. The minimum absolute atomic E-state index is 0.125. The Labute approximate surface area is 210 Å². The second kappa shape index (κ2) is 9.87. The maximum atomic E-state index is 12.7. The molecule has 4 fully saturated rings. The van der Waals surface area contributed by atoms with E-state index in [1.807, 2.05) is 26.0 Å². The summed E-state index contributed by atoms with van der Waals surface area (Å²) in [7, 11) is -3.64. The first-order valence-corrected chi connectivity index (χ1v) is 15.0. The Kier molecular flexibility index (Phi) is 6.99. The number of nitrogens with zero attached hydrogens (tertiary/aromatic N) is 1. The third kappa shape index (κ3) is 5.03. The van der Waals surface area contributed by atoms with Crippen LogP contribution in [-0.2, 0) is 19.6 Å². The Hall–Kier alpha value is -1.89. The predicted octanol–water partition coefficient (Wildman–Crippen LogP) is 5.46. The zero-order chi connectivity index (χ0) is 24.7. The van der Waals surface area contributed by atoms with Crippen LogP contribution < -0.4 is 4.83 Å². The molecular formula is C28H40N2O4S. The first-order valence-electron chi connectivity index (χ1n) is 13.5. The van der Waals surface area contributed by atoms with Gasteiger partial charge in [-0.15, -0.1) is 0 Å². The standard InChI is InChI=1S/C28H40N2O4S/c1-17-4-8-22(9-5-17)35(32,33)30-29-18(2)23-12-13-28-25(23)14-15-26-24-11-7-21(34-19(3)31)16-20(24)6-10-27(26)28/h4-5,8-9,20-21,23-28,30H,6-7,10-16H2,1-3H3/b29-18-/t20-,21?,23+,24-,25+,26+,27+,28+/m0/s1. The van der Waals surface area contributed by atoms with Gasteiger partial charge in [0.25, 0.3) is 10.0 Å². The monoisotopic (exact) mass is 500 g/mol. The van der Waals surface area contributed by atoms with E-state index in [9.17, 15) is 13.2 Å². The summed E-state index contributed by atoms with van der Waals surface area (Å²) >= 11 is 0. The van der Waals surface area contributed by atoms with Gasteiger partial charge >= 0.3 is 5.97 Å². The molecule has 0 radical (unpaired) electrons. The molecule has 6 nitrogen and oxygen atoms in total. The molecule has 1 unspecified atom stereocenters. The average Bonchev–Trinajstić information content (AvgIpc) is 3.27. The van der Waals surface area contributed by atoms with Crippen molar-refractivity contribution in [3.05, 3.63) is 29.8 Å². The highest BCUT2D eigenvalue weighted by Crippen LogP contribution is 2.59. The van der Waals surface area contributed by atoms with E-state index < -0.39 is 10.0 Å². The maximum absolute atomic E-state index is 12.7. The van der Waals surface area contributed by atoms with Crippen molar-refractivity contribution in [1.82, 2.24) is 4.83 Å². The molecule has 5 rings (SSSR count). The number of aryl methyl sites for hydroxylation is 1. The van der Waals surface area contributed by atoms with E-state index >= 15 is 0 Å². The minimum Gasteiger partial charge on any atom is -0.463 e. The summed E-state index contributed by atoms with van der Waals surface area (Å²) in [4.78, 5) is 14.2. The van der Waals surface area contributed by atoms with Crippen molar-refractivity contribution in [3.63, 3.8) is 0 Å². The van der Waals surface area contributed by atoms with Crippen LogP contribution in [0.25, 0.3) is 0 Å². The van der Waals surface area contributed by atoms with Gasteiger partial charge in [0.15, 0.2) is 0 Å². The average molecular weight is 501 g/mol. The van der Waals surface area contributed by atoms with Crippen LogP contribution in [-0.4, -0.2) is 26.2 Å². The zero-order valence-corrected chi connectivity index (χ0v) is 22.1. The molecule has 7 heteroatoms. The van der Waals surface area contributed by atoms with Gasteiger partial charge in [0.05, 0.1) is 4.90 Å². The third-order valence-electron chi connectivity index (χ3n) is 9.77. The van der Waals surface area contributed by atoms with Crippen molar-refractivity contribution in [2.75, 3.05) is 0 Å². The molecule has 0 aromatic heterocycles. The third-order valence-corrected chi connectivity index (χ3v) is 11.0. The molecule has 192 valence electrons. The lowest BCUT2D eigenvalue weighted by Crippen LogP contribution is -2.46. The number of carbonyl (C=O) groups excluding carboxylic acids is 1. The molecule has 1 aromatic rings. The lowest BCUT2D eigenvalue weighted by Gasteiger charge is -2.53. The molecule has 0 heterocycles. The van der Waals surface area contributed by atoms with Gasteiger partial charge < -0.3 is 4.74 Å². The number of benzene rings is 1. The molecule has 1 N–H and O–H groups in total. The van der Waals surface area contributed by atoms with Gasteiger partial charge in [-0.2, -0.15) is 13.5 Å². The fraction of sp³-hybridized carbons (Fsp3) is 0.714. The zero-order valence-electron chi connectivity index (χ0n) is 21.3. The topological polar surface area (TPSA) is 84.8 Å². The quantitative estimate of drug-likeness (QED) is 0.331. The molecule has 0 bridgehead atoms. The number of sulfonamides is 1. The highest BCUT2D eigenvalue weighted by Gasteiger charge is 2.52. The molecule has 0 aliphatic heterocycles. The van der Waals surface area contributed by atoms with Gasteiger partial charge in [-0.3, -0.25) is 4.79 Å². The van der Waals surface area contributed by atoms with Crippen molar-refractivity contribution in [1.29, 1.82) is 0 Å². The van der Waals surface area contributed by atoms with Gasteiger partial charge in [0, 0.05) is 18.6 Å². The summed E-state index contributed by atoms with van der Waals surface area (Å²) in [5.41, 5.74) is 1.96. The van der Waals surface area contributed by atoms with E-state index in [0.717, 1.165) is 54.2 Å². The van der Waals surface area contributed by atoms with Crippen molar-refractivity contribution in [2.45, 2.75) is 89.6 Å². The molecule has 0 amide bonds. The number of hydrogen-bond acceptors (Lipinski definition) is 5. The molecule has 0 saturated heterocycles. The minimum atomic E-state index is -3.64. The SMILES string of the molecule is CC(=O)OC1CC[C@H]2[C@@H](CC[C@@H]3[C@@H]2CC[C@H]2[C@H]3CC[C@@H]2/C(C)=N\NS(=O)(=O)c2ccc(C)cc2)C1. The molecule has 4 aliphatic carbocycles. The van der Waals surface area contributed by atoms with Crippen LogP contribution in [0.15, 0.2) is 34.3 Å². The lowest BCUT2D eigenvalue weighted by molar-refractivity contribution is -0.151. The van der Waals surface area contributed by atoms with E-state index in [1.165, 1.54) is 45.4 Å². The largest absolute Gasteiger partial charge is 0.463 e. The van der Waals surface area contributed by atoms with Crippen molar-refractivity contribution < 1.29 is 17.9 Å². The van der Waals surface area contributed by atoms with E-state index in [4.69, 9.17) is 4.74 Å². The molecule has 0 spiro atoms. The van der Waals surface area contributed by atoms with Gasteiger partial charge in [-0.1, -0.05) is 17.7 Å².